The van der Waals surface area contributed by atoms with Gasteiger partial charge in [0.05, 0.1) is 12.2 Å². The van der Waals surface area contributed by atoms with Crippen molar-refractivity contribution in [3.05, 3.63) is 36.2 Å². The number of rotatable bonds is 4. The average Bonchev–Trinajstić information content (AvgIpc) is 2.85. The second-order valence-electron chi connectivity index (χ2n) is 3.47. The quantitative estimate of drug-likeness (QED) is 0.653. The molecule has 0 atom stereocenters. The first kappa shape index (κ1) is 12.5. The SMILES string of the molecule is CCOC(=O)c1ccc(Sc2ncc[nH]2)c(N)c1. The van der Waals surface area contributed by atoms with Crippen molar-refractivity contribution in [1.82, 2.24) is 9.97 Å². The highest BCUT2D eigenvalue weighted by atomic mass is 32.2. The van der Waals surface area contributed by atoms with Gasteiger partial charge in [-0.3, -0.25) is 0 Å². The van der Waals surface area contributed by atoms with E-state index in [1.54, 1.807) is 37.5 Å². The van der Waals surface area contributed by atoms with Crippen molar-refractivity contribution in [2.24, 2.45) is 0 Å². The zero-order valence-electron chi connectivity index (χ0n) is 9.84. The number of hydrogen-bond acceptors (Lipinski definition) is 5. The third kappa shape index (κ3) is 2.84. The molecule has 1 aromatic carbocycles. The van der Waals surface area contributed by atoms with Gasteiger partial charge < -0.3 is 15.5 Å². The molecule has 1 heterocycles. The third-order valence-corrected chi connectivity index (χ3v) is 3.21. The molecule has 0 bridgehead atoms. The molecule has 0 spiro atoms. The summed E-state index contributed by atoms with van der Waals surface area (Å²) in [6.07, 6.45) is 3.41. The van der Waals surface area contributed by atoms with Crippen LogP contribution in [0.15, 0.2) is 40.6 Å². The maximum Gasteiger partial charge on any atom is 0.338 e. The number of aromatic amines is 1. The van der Waals surface area contributed by atoms with Crippen LogP contribution in [0.5, 0.6) is 0 Å². The Bertz CT molecular complexity index is 540. The number of nitrogens with zero attached hydrogens (tertiary/aromatic N) is 1. The number of nitrogen functional groups attached to an aromatic ring is 1. The van der Waals surface area contributed by atoms with E-state index in [9.17, 15) is 4.79 Å². The van der Waals surface area contributed by atoms with Crippen LogP contribution < -0.4 is 5.73 Å². The normalized spacial score (nSPS) is 10.3. The highest BCUT2D eigenvalue weighted by Crippen LogP contribution is 2.30. The van der Waals surface area contributed by atoms with Gasteiger partial charge >= 0.3 is 5.97 Å². The molecule has 94 valence electrons. The van der Waals surface area contributed by atoms with E-state index in [0.717, 1.165) is 10.1 Å². The van der Waals surface area contributed by atoms with Crippen molar-refractivity contribution in [1.29, 1.82) is 0 Å². The number of hydrogen-bond donors (Lipinski definition) is 2. The van der Waals surface area contributed by atoms with Crippen LogP contribution in [0.1, 0.15) is 17.3 Å². The summed E-state index contributed by atoms with van der Waals surface area (Å²) in [5.41, 5.74) is 6.89. The van der Waals surface area contributed by atoms with Crippen LogP contribution in [0.2, 0.25) is 0 Å². The van der Waals surface area contributed by atoms with Gasteiger partial charge in [0.2, 0.25) is 0 Å². The summed E-state index contributed by atoms with van der Waals surface area (Å²) >= 11 is 1.41. The summed E-state index contributed by atoms with van der Waals surface area (Å²) in [5.74, 6) is -0.362. The Morgan fingerprint density at radius 2 is 2.39 bits per heavy atom. The van der Waals surface area contributed by atoms with Crippen molar-refractivity contribution in [2.75, 3.05) is 12.3 Å². The summed E-state index contributed by atoms with van der Waals surface area (Å²) in [6.45, 7) is 2.12. The fourth-order valence-corrected chi connectivity index (χ4v) is 2.16. The third-order valence-electron chi connectivity index (χ3n) is 2.20. The predicted octanol–water partition coefficient (Wildman–Crippen LogP) is 2.32. The van der Waals surface area contributed by atoms with Crippen LogP contribution in [0.4, 0.5) is 5.69 Å². The first-order valence-electron chi connectivity index (χ1n) is 5.44. The molecule has 0 amide bonds. The van der Waals surface area contributed by atoms with E-state index < -0.39 is 0 Å². The van der Waals surface area contributed by atoms with E-state index in [0.29, 0.717) is 17.9 Å². The number of esters is 1. The molecular formula is C12H13N3O2S. The molecule has 2 aromatic rings. The van der Waals surface area contributed by atoms with Crippen LogP contribution in [-0.2, 0) is 4.74 Å². The Hall–Kier alpha value is -1.95. The molecule has 0 unspecified atom stereocenters. The van der Waals surface area contributed by atoms with Crippen molar-refractivity contribution in [3.8, 4) is 0 Å². The fourth-order valence-electron chi connectivity index (χ4n) is 1.39. The predicted molar refractivity (Wildman–Crippen MR) is 69.5 cm³/mol. The number of aromatic nitrogens is 2. The first-order chi connectivity index (χ1) is 8.70. The van der Waals surface area contributed by atoms with Crippen LogP contribution in [0.25, 0.3) is 0 Å². The van der Waals surface area contributed by atoms with Gasteiger partial charge in [0, 0.05) is 23.0 Å². The van der Waals surface area contributed by atoms with Crippen molar-refractivity contribution in [2.45, 2.75) is 17.0 Å². The van der Waals surface area contributed by atoms with E-state index in [1.165, 1.54) is 11.8 Å². The Kier molecular flexibility index (Phi) is 3.88. The average molecular weight is 263 g/mol. The summed E-state index contributed by atoms with van der Waals surface area (Å²) in [7, 11) is 0. The van der Waals surface area contributed by atoms with E-state index in [2.05, 4.69) is 9.97 Å². The number of carbonyl (C=O) groups is 1. The Labute approximate surface area is 109 Å². The lowest BCUT2D eigenvalue weighted by molar-refractivity contribution is 0.0526. The van der Waals surface area contributed by atoms with E-state index in [4.69, 9.17) is 10.5 Å². The maximum absolute atomic E-state index is 11.5. The van der Waals surface area contributed by atoms with Gasteiger partial charge in [0.25, 0.3) is 0 Å². The summed E-state index contributed by atoms with van der Waals surface area (Å²) in [4.78, 5) is 19.4. The van der Waals surface area contributed by atoms with Crippen molar-refractivity contribution in [3.63, 3.8) is 0 Å². The molecule has 0 aliphatic heterocycles. The summed E-state index contributed by atoms with van der Waals surface area (Å²) in [6, 6.07) is 5.09. The van der Waals surface area contributed by atoms with Crippen molar-refractivity contribution >= 4 is 23.4 Å². The Morgan fingerprint density at radius 1 is 1.56 bits per heavy atom. The monoisotopic (exact) mass is 263 g/mol. The summed E-state index contributed by atoms with van der Waals surface area (Å²) in [5, 5.41) is 0.755. The van der Waals surface area contributed by atoms with Crippen LogP contribution in [-0.4, -0.2) is 22.5 Å². The van der Waals surface area contributed by atoms with Crippen LogP contribution in [0, 0.1) is 0 Å². The largest absolute Gasteiger partial charge is 0.462 e. The minimum atomic E-state index is -0.362. The maximum atomic E-state index is 11.5. The molecule has 0 saturated carbocycles. The first-order valence-corrected chi connectivity index (χ1v) is 6.26. The van der Waals surface area contributed by atoms with Gasteiger partial charge in [0.15, 0.2) is 5.16 Å². The molecule has 0 saturated heterocycles. The Morgan fingerprint density at radius 3 is 3.00 bits per heavy atom. The second-order valence-corrected chi connectivity index (χ2v) is 4.50. The molecule has 3 N–H and O–H groups in total. The van der Waals surface area contributed by atoms with Gasteiger partial charge in [-0.25, -0.2) is 9.78 Å². The summed E-state index contributed by atoms with van der Waals surface area (Å²) < 4.78 is 4.91. The molecule has 18 heavy (non-hydrogen) atoms. The van der Waals surface area contributed by atoms with E-state index in [-0.39, 0.29) is 5.97 Å². The van der Waals surface area contributed by atoms with Gasteiger partial charge in [-0.05, 0) is 36.9 Å². The lowest BCUT2D eigenvalue weighted by Crippen LogP contribution is -2.05. The lowest BCUT2D eigenvalue weighted by Gasteiger charge is -2.06. The number of anilines is 1. The van der Waals surface area contributed by atoms with Gasteiger partial charge in [0.1, 0.15) is 0 Å². The molecule has 1 aromatic heterocycles. The molecule has 0 radical (unpaired) electrons. The molecule has 6 heteroatoms. The minimum absolute atomic E-state index is 0.349. The number of ether oxygens (including phenoxy) is 1. The number of imidazole rings is 1. The lowest BCUT2D eigenvalue weighted by atomic mass is 10.2. The second kappa shape index (κ2) is 5.59. The molecule has 0 aliphatic carbocycles. The number of nitrogens with one attached hydrogen (secondary N) is 1. The smallest absolute Gasteiger partial charge is 0.338 e. The number of H-pyrrole nitrogens is 1. The molecular weight excluding hydrogens is 250 g/mol. The minimum Gasteiger partial charge on any atom is -0.462 e. The molecule has 5 nitrogen and oxygen atoms in total. The highest BCUT2D eigenvalue weighted by Gasteiger charge is 2.10. The highest BCUT2D eigenvalue weighted by molar-refractivity contribution is 7.99. The number of carbonyl (C=O) groups excluding carboxylic acids is 1. The van der Waals surface area contributed by atoms with Gasteiger partial charge in [-0.1, -0.05) is 0 Å². The molecule has 0 aliphatic rings. The zero-order valence-corrected chi connectivity index (χ0v) is 10.7. The topological polar surface area (TPSA) is 81.0 Å². The Balaban J connectivity index is 2.17. The standard InChI is InChI=1S/C12H13N3O2S/c1-2-17-11(16)8-3-4-10(9(13)7-8)18-12-14-5-6-15-12/h3-7H,2,13H2,1H3,(H,14,15). The molecule has 0 fully saturated rings. The van der Waals surface area contributed by atoms with Crippen molar-refractivity contribution < 1.29 is 9.53 Å². The van der Waals surface area contributed by atoms with Gasteiger partial charge in [-0.2, -0.15) is 0 Å². The number of benzene rings is 1. The fraction of sp³-hybridized carbons (Fsp3) is 0.167. The van der Waals surface area contributed by atoms with E-state index >= 15 is 0 Å². The zero-order chi connectivity index (χ0) is 13.0. The van der Waals surface area contributed by atoms with Crippen LogP contribution >= 0.6 is 11.8 Å². The van der Waals surface area contributed by atoms with E-state index in [1.807, 2.05) is 0 Å². The molecule has 2 rings (SSSR count). The number of nitrogens with two attached hydrogens (primary N) is 1. The van der Waals surface area contributed by atoms with Crippen LogP contribution in [0.3, 0.4) is 0 Å². The van der Waals surface area contributed by atoms with Gasteiger partial charge in [-0.15, -0.1) is 0 Å².